The maximum atomic E-state index is 11.6. The highest BCUT2D eigenvalue weighted by molar-refractivity contribution is 5.20. The molecular weight excluding hydrogens is 188 g/mol. The normalized spacial score (nSPS) is 17.3. The van der Waals surface area contributed by atoms with E-state index in [0.717, 1.165) is 12.8 Å². The quantitative estimate of drug-likeness (QED) is 0.740. The summed E-state index contributed by atoms with van der Waals surface area (Å²) in [4.78, 5) is 11.6. The highest BCUT2D eigenvalue weighted by Crippen LogP contribution is 2.21. The van der Waals surface area contributed by atoms with Gasteiger partial charge in [0, 0.05) is 0 Å². The van der Waals surface area contributed by atoms with Gasteiger partial charge in [0.05, 0.1) is 6.10 Å². The number of hydrogen-bond donors (Lipinski definition) is 0. The summed E-state index contributed by atoms with van der Waals surface area (Å²) < 4.78 is 5.73. The van der Waals surface area contributed by atoms with Gasteiger partial charge in [-0.05, 0) is 37.8 Å². The monoisotopic (exact) mass is 204 g/mol. The van der Waals surface area contributed by atoms with Gasteiger partial charge in [0.1, 0.15) is 0 Å². The summed E-state index contributed by atoms with van der Waals surface area (Å²) in [7, 11) is 0. The van der Waals surface area contributed by atoms with Crippen molar-refractivity contribution in [1.29, 1.82) is 0 Å². The van der Waals surface area contributed by atoms with E-state index in [0.29, 0.717) is 5.75 Å². The molecule has 1 fully saturated rings. The van der Waals surface area contributed by atoms with Crippen molar-refractivity contribution >= 4 is 0 Å². The second-order valence-corrected chi connectivity index (χ2v) is 4.02. The lowest BCUT2D eigenvalue weighted by Gasteiger charge is -2.22. The molecule has 0 heterocycles. The molecule has 0 radical (unpaired) electrons. The molecular formula is C13H16O2. The Bertz CT molecular complexity index is 367. The van der Waals surface area contributed by atoms with Crippen LogP contribution in [0.4, 0.5) is 0 Å². The Morgan fingerprint density at radius 1 is 1.00 bits per heavy atom. The second kappa shape index (κ2) is 4.96. The van der Waals surface area contributed by atoms with Crippen molar-refractivity contribution in [2.24, 2.45) is 0 Å². The minimum absolute atomic E-state index is 0.0226. The van der Waals surface area contributed by atoms with Crippen LogP contribution in [0, 0.1) is 0 Å². The summed E-state index contributed by atoms with van der Waals surface area (Å²) in [6.07, 6.45) is 6.15. The van der Waals surface area contributed by atoms with Gasteiger partial charge in [0.2, 0.25) is 5.43 Å². The zero-order valence-corrected chi connectivity index (χ0v) is 8.82. The van der Waals surface area contributed by atoms with Crippen molar-refractivity contribution in [2.45, 2.75) is 38.2 Å². The zero-order chi connectivity index (χ0) is 10.5. The Morgan fingerprint density at radius 2 is 1.73 bits per heavy atom. The SMILES string of the molecule is O=c1cccccc1OC1CCCCC1. The summed E-state index contributed by atoms with van der Waals surface area (Å²) in [5.74, 6) is 0.493. The molecule has 0 unspecified atom stereocenters. The maximum absolute atomic E-state index is 11.6. The average molecular weight is 204 g/mol. The van der Waals surface area contributed by atoms with Crippen LogP contribution in [0.2, 0.25) is 0 Å². The molecule has 0 N–H and O–H groups in total. The molecule has 2 nitrogen and oxygen atoms in total. The molecule has 1 saturated carbocycles. The lowest BCUT2D eigenvalue weighted by Crippen LogP contribution is -2.21. The Kier molecular flexibility index (Phi) is 3.38. The molecule has 1 aliphatic carbocycles. The van der Waals surface area contributed by atoms with E-state index < -0.39 is 0 Å². The molecule has 2 heteroatoms. The van der Waals surface area contributed by atoms with Crippen LogP contribution in [0.25, 0.3) is 0 Å². The Morgan fingerprint density at radius 3 is 2.53 bits per heavy atom. The van der Waals surface area contributed by atoms with E-state index in [1.165, 1.54) is 19.3 Å². The van der Waals surface area contributed by atoms with Crippen molar-refractivity contribution in [2.75, 3.05) is 0 Å². The maximum Gasteiger partial charge on any atom is 0.220 e. The Labute approximate surface area is 89.9 Å². The summed E-state index contributed by atoms with van der Waals surface area (Å²) in [5.41, 5.74) is -0.0226. The van der Waals surface area contributed by atoms with Gasteiger partial charge in [-0.1, -0.05) is 24.6 Å². The summed E-state index contributed by atoms with van der Waals surface area (Å²) >= 11 is 0. The standard InChI is InChI=1S/C13H16O2/c14-12-9-5-2-6-10-13(12)15-11-7-3-1-4-8-11/h2,5-6,9-11H,1,3-4,7-8H2. The van der Waals surface area contributed by atoms with Crippen LogP contribution in [-0.4, -0.2) is 6.10 Å². The van der Waals surface area contributed by atoms with Crippen molar-refractivity contribution in [3.63, 3.8) is 0 Å². The minimum Gasteiger partial charge on any atom is -0.486 e. The van der Waals surface area contributed by atoms with Gasteiger partial charge in [-0.15, -0.1) is 0 Å². The lowest BCUT2D eigenvalue weighted by atomic mass is 9.98. The number of hydrogen-bond acceptors (Lipinski definition) is 2. The first-order valence-corrected chi connectivity index (χ1v) is 5.62. The lowest BCUT2D eigenvalue weighted by molar-refractivity contribution is 0.153. The molecule has 1 aromatic carbocycles. The van der Waals surface area contributed by atoms with Crippen molar-refractivity contribution in [1.82, 2.24) is 0 Å². The van der Waals surface area contributed by atoms with Gasteiger partial charge in [-0.25, -0.2) is 0 Å². The smallest absolute Gasteiger partial charge is 0.220 e. The molecule has 1 aromatic rings. The highest BCUT2D eigenvalue weighted by Gasteiger charge is 2.15. The van der Waals surface area contributed by atoms with Gasteiger partial charge >= 0.3 is 0 Å². The second-order valence-electron chi connectivity index (χ2n) is 4.02. The van der Waals surface area contributed by atoms with Crippen LogP contribution >= 0.6 is 0 Å². The predicted octanol–water partition coefficient (Wildman–Crippen LogP) is 2.76. The van der Waals surface area contributed by atoms with Crippen LogP contribution in [0.15, 0.2) is 35.1 Å². The molecule has 15 heavy (non-hydrogen) atoms. The first kappa shape index (κ1) is 10.2. The van der Waals surface area contributed by atoms with Gasteiger partial charge in [-0.2, -0.15) is 0 Å². The van der Waals surface area contributed by atoms with Gasteiger partial charge in [0.25, 0.3) is 0 Å². The van der Waals surface area contributed by atoms with E-state index >= 15 is 0 Å². The highest BCUT2D eigenvalue weighted by atomic mass is 16.5. The van der Waals surface area contributed by atoms with Crippen molar-refractivity contribution < 1.29 is 4.74 Å². The molecule has 80 valence electrons. The van der Waals surface area contributed by atoms with Crippen LogP contribution < -0.4 is 10.2 Å². The fourth-order valence-electron chi connectivity index (χ4n) is 1.97. The molecule has 2 rings (SSSR count). The van der Waals surface area contributed by atoms with E-state index in [1.54, 1.807) is 18.2 Å². The fourth-order valence-corrected chi connectivity index (χ4v) is 1.97. The minimum atomic E-state index is -0.0226. The zero-order valence-electron chi connectivity index (χ0n) is 8.82. The van der Waals surface area contributed by atoms with Gasteiger partial charge in [0.15, 0.2) is 5.75 Å². The number of ether oxygens (including phenoxy) is 1. The number of rotatable bonds is 2. The Balaban J connectivity index is 2.10. The van der Waals surface area contributed by atoms with Crippen LogP contribution in [-0.2, 0) is 0 Å². The first-order chi connectivity index (χ1) is 7.36. The molecule has 0 bridgehead atoms. The largest absolute Gasteiger partial charge is 0.486 e. The third kappa shape index (κ3) is 2.82. The van der Waals surface area contributed by atoms with Crippen LogP contribution in [0.3, 0.4) is 0 Å². The van der Waals surface area contributed by atoms with Crippen molar-refractivity contribution in [3.8, 4) is 5.75 Å². The molecule has 1 aliphatic rings. The van der Waals surface area contributed by atoms with E-state index in [9.17, 15) is 4.79 Å². The molecule has 0 spiro atoms. The molecule has 0 aromatic heterocycles. The van der Waals surface area contributed by atoms with Crippen LogP contribution in [0.1, 0.15) is 32.1 Å². The molecule has 0 atom stereocenters. The summed E-state index contributed by atoms with van der Waals surface area (Å²) in [5, 5.41) is 0. The molecule has 0 saturated heterocycles. The van der Waals surface area contributed by atoms with Gasteiger partial charge in [-0.3, -0.25) is 4.79 Å². The topological polar surface area (TPSA) is 26.3 Å². The molecule has 0 amide bonds. The van der Waals surface area contributed by atoms with Gasteiger partial charge < -0.3 is 4.74 Å². The summed E-state index contributed by atoms with van der Waals surface area (Å²) in [6, 6.07) is 8.75. The third-order valence-corrected chi connectivity index (χ3v) is 2.81. The van der Waals surface area contributed by atoms with E-state index in [-0.39, 0.29) is 11.5 Å². The fraction of sp³-hybridized carbons (Fsp3) is 0.462. The van der Waals surface area contributed by atoms with Crippen LogP contribution in [0.5, 0.6) is 5.75 Å². The summed E-state index contributed by atoms with van der Waals surface area (Å²) in [6.45, 7) is 0. The molecule has 0 aliphatic heterocycles. The van der Waals surface area contributed by atoms with E-state index in [4.69, 9.17) is 4.74 Å². The average Bonchev–Trinajstić information content (AvgIpc) is 2.46. The predicted molar refractivity (Wildman–Crippen MR) is 60.2 cm³/mol. The van der Waals surface area contributed by atoms with E-state index in [2.05, 4.69) is 0 Å². The Hall–Kier alpha value is -1.31. The van der Waals surface area contributed by atoms with Crippen molar-refractivity contribution in [3.05, 3.63) is 40.6 Å². The van der Waals surface area contributed by atoms with E-state index in [1.807, 2.05) is 12.1 Å². The first-order valence-electron chi connectivity index (χ1n) is 5.62. The third-order valence-electron chi connectivity index (χ3n) is 2.81.